The number of benzene rings is 1. The molecule has 1 atom stereocenters. The van der Waals surface area contributed by atoms with Gasteiger partial charge >= 0.3 is 0 Å². The summed E-state index contributed by atoms with van der Waals surface area (Å²) in [6.45, 7) is 3.78. The van der Waals surface area contributed by atoms with Crippen LogP contribution in [0, 0.1) is 0 Å². The van der Waals surface area contributed by atoms with Gasteiger partial charge in [0.25, 0.3) is 0 Å². The van der Waals surface area contributed by atoms with Gasteiger partial charge in [0, 0.05) is 28.1 Å². The summed E-state index contributed by atoms with van der Waals surface area (Å²) in [5, 5.41) is 6.79. The van der Waals surface area contributed by atoms with E-state index in [0.717, 1.165) is 22.2 Å². The van der Waals surface area contributed by atoms with E-state index in [4.69, 9.17) is 17.3 Å². The molecule has 0 unspecified atom stereocenters. The van der Waals surface area contributed by atoms with Crippen LogP contribution in [0.5, 0.6) is 0 Å². The van der Waals surface area contributed by atoms with E-state index in [2.05, 4.69) is 22.2 Å². The highest BCUT2D eigenvalue weighted by Crippen LogP contribution is 2.33. The number of hydrogen-bond donors (Lipinski definition) is 4. The highest BCUT2D eigenvalue weighted by molar-refractivity contribution is 6.32. The molecule has 3 rings (SSSR count). The molecular formula is C17H17ClN4O2. The molecule has 1 saturated heterocycles. The molecule has 124 valence electrons. The molecule has 7 heteroatoms. The van der Waals surface area contributed by atoms with Crippen molar-refractivity contribution in [2.24, 2.45) is 5.73 Å². The largest absolute Gasteiger partial charge is 0.405 e. The van der Waals surface area contributed by atoms with E-state index in [1.54, 1.807) is 24.3 Å². The summed E-state index contributed by atoms with van der Waals surface area (Å²) >= 11 is 6.20. The van der Waals surface area contributed by atoms with Crippen LogP contribution in [0.4, 0.5) is 5.69 Å². The van der Waals surface area contributed by atoms with E-state index in [-0.39, 0.29) is 11.8 Å². The third kappa shape index (κ3) is 2.88. The van der Waals surface area contributed by atoms with Crippen LogP contribution < -0.4 is 16.4 Å². The van der Waals surface area contributed by atoms with Gasteiger partial charge in [-0.25, -0.2) is 0 Å². The minimum atomic E-state index is -0.524. The van der Waals surface area contributed by atoms with Crippen LogP contribution in [-0.2, 0) is 9.59 Å². The van der Waals surface area contributed by atoms with E-state index in [9.17, 15) is 9.59 Å². The molecule has 0 aliphatic carbocycles. The fraction of sp³-hybridized carbons (Fsp3) is 0.176. The number of anilines is 1. The van der Waals surface area contributed by atoms with Crippen LogP contribution in [-0.4, -0.2) is 22.8 Å². The lowest BCUT2D eigenvalue weighted by molar-refractivity contribution is -0.122. The van der Waals surface area contributed by atoms with Crippen molar-refractivity contribution in [2.45, 2.75) is 18.9 Å². The van der Waals surface area contributed by atoms with Crippen LogP contribution >= 0.6 is 11.6 Å². The molecule has 0 bridgehead atoms. The van der Waals surface area contributed by atoms with Crippen LogP contribution in [0.15, 0.2) is 24.9 Å². The Balaban J connectivity index is 2.03. The quantitative estimate of drug-likeness (QED) is 0.686. The summed E-state index contributed by atoms with van der Waals surface area (Å²) in [7, 11) is 0. The van der Waals surface area contributed by atoms with Gasteiger partial charge in [-0.15, -0.1) is 0 Å². The maximum absolute atomic E-state index is 12.4. The Morgan fingerprint density at radius 1 is 1.46 bits per heavy atom. The minimum Gasteiger partial charge on any atom is -0.405 e. The number of H-pyrrole nitrogens is 1. The molecule has 2 heterocycles. The summed E-state index contributed by atoms with van der Waals surface area (Å²) in [6.07, 6.45) is 5.69. The molecule has 6 nitrogen and oxygen atoms in total. The molecule has 2 amide bonds. The average molecular weight is 345 g/mol. The van der Waals surface area contributed by atoms with Gasteiger partial charge in [0.2, 0.25) is 11.8 Å². The zero-order valence-corrected chi connectivity index (χ0v) is 13.6. The number of carbonyl (C=O) groups excluding carboxylic acids is 2. The number of fused-ring (bicyclic) bond motifs is 1. The normalized spacial score (nSPS) is 17.4. The van der Waals surface area contributed by atoms with E-state index in [0.29, 0.717) is 23.6 Å². The lowest BCUT2D eigenvalue weighted by Gasteiger charge is -2.12. The third-order valence-electron chi connectivity index (χ3n) is 3.98. The summed E-state index contributed by atoms with van der Waals surface area (Å²) in [4.78, 5) is 26.9. The monoisotopic (exact) mass is 344 g/mol. The zero-order valence-electron chi connectivity index (χ0n) is 12.9. The number of rotatable bonds is 4. The average Bonchev–Trinajstić information content (AvgIpc) is 3.12. The summed E-state index contributed by atoms with van der Waals surface area (Å²) in [5.41, 5.74) is 8.40. The number of hydrogen-bond acceptors (Lipinski definition) is 3. The molecule has 0 saturated carbocycles. The first-order chi connectivity index (χ1) is 11.5. The Morgan fingerprint density at radius 3 is 2.88 bits per heavy atom. The van der Waals surface area contributed by atoms with Gasteiger partial charge in [-0.3, -0.25) is 9.59 Å². The Hall–Kier alpha value is -2.73. The maximum atomic E-state index is 12.4. The highest BCUT2D eigenvalue weighted by Gasteiger charge is 2.27. The fourth-order valence-corrected chi connectivity index (χ4v) is 3.09. The second kappa shape index (κ2) is 6.41. The fourth-order valence-electron chi connectivity index (χ4n) is 2.87. The SMILES string of the molecule is C=Cc1[nH]c2c(NC(=O)[C@@H]3CCC(=O)N3)cc(Cl)cc2c1/C=C\N. The number of aromatic amines is 1. The predicted molar refractivity (Wildman–Crippen MR) is 96.4 cm³/mol. The number of amides is 2. The first-order valence-corrected chi connectivity index (χ1v) is 7.87. The van der Waals surface area contributed by atoms with Crippen molar-refractivity contribution >= 4 is 52.2 Å². The van der Waals surface area contributed by atoms with Crippen LogP contribution in [0.2, 0.25) is 5.02 Å². The maximum Gasteiger partial charge on any atom is 0.247 e. The molecule has 1 aromatic carbocycles. The smallest absolute Gasteiger partial charge is 0.247 e. The molecule has 24 heavy (non-hydrogen) atoms. The number of nitrogens with one attached hydrogen (secondary N) is 3. The first kappa shape index (κ1) is 16.1. The molecule has 1 fully saturated rings. The Kier molecular flexibility index (Phi) is 4.31. The van der Waals surface area contributed by atoms with E-state index >= 15 is 0 Å². The lowest BCUT2D eigenvalue weighted by atomic mass is 10.1. The topological polar surface area (TPSA) is 100 Å². The minimum absolute atomic E-state index is 0.115. The summed E-state index contributed by atoms with van der Waals surface area (Å²) < 4.78 is 0. The number of nitrogens with two attached hydrogens (primary N) is 1. The predicted octanol–water partition coefficient (Wildman–Crippen LogP) is 2.61. The number of carbonyl (C=O) groups is 2. The van der Waals surface area contributed by atoms with E-state index in [1.165, 1.54) is 6.20 Å². The summed E-state index contributed by atoms with van der Waals surface area (Å²) in [6, 6.07) is 2.93. The lowest BCUT2D eigenvalue weighted by Crippen LogP contribution is -2.37. The molecule has 0 spiro atoms. The Bertz CT molecular complexity index is 869. The van der Waals surface area contributed by atoms with Gasteiger partial charge in [0.1, 0.15) is 6.04 Å². The van der Waals surface area contributed by atoms with Crippen molar-refractivity contribution in [3.05, 3.63) is 41.2 Å². The molecule has 2 aromatic rings. The second-order valence-electron chi connectivity index (χ2n) is 5.54. The van der Waals surface area contributed by atoms with Gasteiger partial charge < -0.3 is 21.4 Å². The standard InChI is InChI=1S/C17H17ClN4O2/c1-2-12-10(5-6-19)11-7-9(18)8-14(16(11)21-12)22-17(24)13-3-4-15(23)20-13/h2,5-8,13,21H,1,3-4,19H2,(H,20,23)(H,22,24)/b6-5-/t13-/m0/s1. The first-order valence-electron chi connectivity index (χ1n) is 7.49. The second-order valence-corrected chi connectivity index (χ2v) is 5.98. The molecule has 5 N–H and O–H groups in total. The van der Waals surface area contributed by atoms with Crippen LogP contribution in [0.25, 0.3) is 23.1 Å². The molecule has 1 aromatic heterocycles. The third-order valence-corrected chi connectivity index (χ3v) is 4.20. The Morgan fingerprint density at radius 2 is 2.25 bits per heavy atom. The number of aromatic nitrogens is 1. The summed E-state index contributed by atoms with van der Waals surface area (Å²) in [5.74, 6) is -0.384. The van der Waals surface area contributed by atoms with E-state index < -0.39 is 6.04 Å². The van der Waals surface area contributed by atoms with Gasteiger partial charge in [0.05, 0.1) is 11.2 Å². The molecular weight excluding hydrogens is 328 g/mol. The Labute approximate surface area is 143 Å². The van der Waals surface area contributed by atoms with Crippen molar-refractivity contribution in [2.75, 3.05) is 5.32 Å². The van der Waals surface area contributed by atoms with Crippen LogP contribution in [0.1, 0.15) is 24.1 Å². The van der Waals surface area contributed by atoms with Gasteiger partial charge in [-0.05, 0) is 36.9 Å². The van der Waals surface area contributed by atoms with Crippen LogP contribution in [0.3, 0.4) is 0 Å². The number of halogens is 1. The zero-order chi connectivity index (χ0) is 17.3. The van der Waals surface area contributed by atoms with Crippen molar-refractivity contribution in [1.82, 2.24) is 10.3 Å². The van der Waals surface area contributed by atoms with Crippen molar-refractivity contribution in [3.8, 4) is 0 Å². The van der Waals surface area contributed by atoms with Gasteiger partial charge in [-0.1, -0.05) is 18.2 Å². The van der Waals surface area contributed by atoms with Gasteiger partial charge in [0.15, 0.2) is 0 Å². The molecule has 0 radical (unpaired) electrons. The molecule has 1 aliphatic heterocycles. The van der Waals surface area contributed by atoms with Crippen molar-refractivity contribution < 1.29 is 9.59 Å². The molecule has 1 aliphatic rings. The highest BCUT2D eigenvalue weighted by atomic mass is 35.5. The van der Waals surface area contributed by atoms with Crippen molar-refractivity contribution in [3.63, 3.8) is 0 Å². The van der Waals surface area contributed by atoms with E-state index in [1.807, 2.05) is 0 Å². The van der Waals surface area contributed by atoms with Crippen molar-refractivity contribution in [1.29, 1.82) is 0 Å². The van der Waals surface area contributed by atoms with Gasteiger partial charge in [-0.2, -0.15) is 0 Å².